The van der Waals surface area contributed by atoms with Gasteiger partial charge in [0.1, 0.15) is 0 Å². The zero-order valence-corrected chi connectivity index (χ0v) is 15.5. The number of rotatable bonds is 16. The first-order chi connectivity index (χ1) is 11.8. The molecule has 0 saturated carbocycles. The van der Waals surface area contributed by atoms with Crippen LogP contribution < -0.4 is 0 Å². The van der Waals surface area contributed by atoms with Crippen molar-refractivity contribution in [3.63, 3.8) is 0 Å². The van der Waals surface area contributed by atoms with Crippen molar-refractivity contribution < 1.29 is 9.90 Å². The SMILES string of the molecule is CCCCC/C=C/CCCCCC/C=C/C=C/C/C=C/CC(=O)O. The van der Waals surface area contributed by atoms with Crippen molar-refractivity contribution in [1.29, 1.82) is 0 Å². The molecule has 0 aliphatic heterocycles. The van der Waals surface area contributed by atoms with Crippen molar-refractivity contribution >= 4 is 5.97 Å². The molecule has 0 heterocycles. The first-order valence-electron chi connectivity index (χ1n) is 9.60. The zero-order chi connectivity index (χ0) is 17.7. The molecule has 0 aliphatic carbocycles. The van der Waals surface area contributed by atoms with E-state index in [1.807, 2.05) is 18.2 Å². The molecule has 0 unspecified atom stereocenters. The first kappa shape index (κ1) is 22.4. The Morgan fingerprint density at radius 1 is 0.708 bits per heavy atom. The van der Waals surface area contributed by atoms with Crippen LogP contribution in [-0.4, -0.2) is 11.1 Å². The maximum Gasteiger partial charge on any atom is 0.307 e. The average Bonchev–Trinajstić information content (AvgIpc) is 2.56. The third-order valence-electron chi connectivity index (χ3n) is 3.75. The monoisotopic (exact) mass is 332 g/mol. The Balaban J connectivity index is 3.31. The van der Waals surface area contributed by atoms with Crippen LogP contribution in [0.15, 0.2) is 48.6 Å². The van der Waals surface area contributed by atoms with Crippen molar-refractivity contribution in [2.45, 2.75) is 84.0 Å². The summed E-state index contributed by atoms with van der Waals surface area (Å²) < 4.78 is 0. The minimum atomic E-state index is -0.780. The summed E-state index contributed by atoms with van der Waals surface area (Å²) in [6, 6.07) is 0. The van der Waals surface area contributed by atoms with Crippen LogP contribution in [0.2, 0.25) is 0 Å². The fourth-order valence-corrected chi connectivity index (χ4v) is 2.32. The Morgan fingerprint density at radius 2 is 1.29 bits per heavy atom. The summed E-state index contributed by atoms with van der Waals surface area (Å²) in [5.74, 6) is -0.780. The van der Waals surface area contributed by atoms with Crippen LogP contribution in [0.25, 0.3) is 0 Å². The number of unbranched alkanes of at least 4 members (excludes halogenated alkanes) is 8. The lowest BCUT2D eigenvalue weighted by Gasteiger charge is -1.97. The second-order valence-electron chi connectivity index (χ2n) is 6.12. The molecule has 0 fully saturated rings. The standard InChI is InChI=1S/C22H36O2/c1-2-3-4-5-6-7-8-9-10-11-12-13-14-15-16-17-18-19-20-21-22(23)24/h6-7,14-17,19-20H,2-5,8-13,18,21H2,1H3,(H,23,24)/b7-6+,15-14+,17-16+,20-19+. The van der Waals surface area contributed by atoms with Gasteiger partial charge in [-0.3, -0.25) is 4.79 Å². The highest BCUT2D eigenvalue weighted by Gasteiger charge is 1.88. The lowest BCUT2D eigenvalue weighted by molar-refractivity contribution is -0.136. The van der Waals surface area contributed by atoms with Crippen molar-refractivity contribution in [2.75, 3.05) is 0 Å². The molecular weight excluding hydrogens is 296 g/mol. The van der Waals surface area contributed by atoms with E-state index in [1.165, 1.54) is 57.8 Å². The fraction of sp³-hybridized carbons (Fsp3) is 0.591. The number of carboxylic acids is 1. The number of aliphatic carboxylic acids is 1. The molecule has 0 saturated heterocycles. The molecule has 2 heteroatoms. The third-order valence-corrected chi connectivity index (χ3v) is 3.75. The average molecular weight is 333 g/mol. The van der Waals surface area contributed by atoms with Crippen molar-refractivity contribution in [3.8, 4) is 0 Å². The van der Waals surface area contributed by atoms with Crippen LogP contribution in [0, 0.1) is 0 Å². The predicted octanol–water partition coefficient (Wildman–Crippen LogP) is 7.00. The lowest BCUT2D eigenvalue weighted by atomic mass is 10.1. The molecule has 24 heavy (non-hydrogen) atoms. The Bertz CT molecular complexity index is 389. The van der Waals surface area contributed by atoms with Gasteiger partial charge in [0.25, 0.3) is 0 Å². The molecule has 0 amide bonds. The van der Waals surface area contributed by atoms with E-state index in [9.17, 15) is 4.79 Å². The van der Waals surface area contributed by atoms with Crippen LogP contribution in [0.4, 0.5) is 0 Å². The summed E-state index contributed by atoms with van der Waals surface area (Å²) in [7, 11) is 0. The summed E-state index contributed by atoms with van der Waals surface area (Å²) in [5, 5.41) is 8.47. The number of hydrogen-bond acceptors (Lipinski definition) is 1. The van der Waals surface area contributed by atoms with Gasteiger partial charge in [-0.25, -0.2) is 0 Å². The molecule has 1 N–H and O–H groups in total. The Morgan fingerprint density at radius 3 is 1.92 bits per heavy atom. The van der Waals surface area contributed by atoms with Gasteiger partial charge >= 0.3 is 5.97 Å². The van der Waals surface area contributed by atoms with E-state index in [4.69, 9.17) is 5.11 Å². The van der Waals surface area contributed by atoms with Crippen molar-refractivity contribution in [3.05, 3.63) is 48.6 Å². The molecule has 0 radical (unpaired) electrons. The normalized spacial score (nSPS) is 12.4. The Kier molecular flexibility index (Phi) is 18.2. The first-order valence-corrected chi connectivity index (χ1v) is 9.60. The van der Waals surface area contributed by atoms with E-state index < -0.39 is 5.97 Å². The quantitative estimate of drug-likeness (QED) is 0.188. The van der Waals surface area contributed by atoms with Crippen LogP contribution in [-0.2, 0) is 4.79 Å². The van der Waals surface area contributed by atoms with Gasteiger partial charge in [-0.15, -0.1) is 0 Å². The molecule has 0 bridgehead atoms. The predicted molar refractivity (Wildman–Crippen MR) is 105 cm³/mol. The minimum absolute atomic E-state index is 0.109. The van der Waals surface area contributed by atoms with Crippen molar-refractivity contribution in [1.82, 2.24) is 0 Å². The van der Waals surface area contributed by atoms with E-state index in [2.05, 4.69) is 31.2 Å². The van der Waals surface area contributed by atoms with Gasteiger partial charge in [0.15, 0.2) is 0 Å². The molecule has 2 nitrogen and oxygen atoms in total. The number of carboxylic acid groups (broad SMARTS) is 1. The molecule has 0 rings (SSSR count). The zero-order valence-electron chi connectivity index (χ0n) is 15.5. The van der Waals surface area contributed by atoms with Gasteiger partial charge < -0.3 is 5.11 Å². The molecule has 0 spiro atoms. The molecule has 0 aromatic heterocycles. The van der Waals surface area contributed by atoms with Crippen LogP contribution >= 0.6 is 0 Å². The second kappa shape index (κ2) is 19.5. The largest absolute Gasteiger partial charge is 0.481 e. The van der Waals surface area contributed by atoms with Gasteiger partial charge in [-0.05, 0) is 44.9 Å². The highest BCUT2D eigenvalue weighted by atomic mass is 16.4. The van der Waals surface area contributed by atoms with Gasteiger partial charge in [-0.1, -0.05) is 81.2 Å². The topological polar surface area (TPSA) is 37.3 Å². The molecule has 136 valence electrons. The highest BCUT2D eigenvalue weighted by molar-refractivity contribution is 5.68. The third kappa shape index (κ3) is 20.4. The molecule has 0 atom stereocenters. The van der Waals surface area contributed by atoms with E-state index in [-0.39, 0.29) is 6.42 Å². The summed E-state index contributed by atoms with van der Waals surface area (Å²) >= 11 is 0. The van der Waals surface area contributed by atoms with E-state index in [1.54, 1.807) is 6.08 Å². The molecule has 0 aliphatic rings. The van der Waals surface area contributed by atoms with Gasteiger partial charge in [0, 0.05) is 0 Å². The fourth-order valence-electron chi connectivity index (χ4n) is 2.32. The van der Waals surface area contributed by atoms with Gasteiger partial charge in [-0.2, -0.15) is 0 Å². The van der Waals surface area contributed by atoms with E-state index >= 15 is 0 Å². The Hall–Kier alpha value is -1.57. The highest BCUT2D eigenvalue weighted by Crippen LogP contribution is 2.07. The smallest absolute Gasteiger partial charge is 0.307 e. The number of allylic oxidation sites excluding steroid dienone is 7. The maximum atomic E-state index is 10.3. The van der Waals surface area contributed by atoms with Crippen LogP contribution in [0.5, 0.6) is 0 Å². The summed E-state index contributed by atoms with van der Waals surface area (Å²) in [5.41, 5.74) is 0. The van der Waals surface area contributed by atoms with Gasteiger partial charge in [0.2, 0.25) is 0 Å². The summed E-state index contributed by atoms with van der Waals surface area (Å²) in [4.78, 5) is 10.3. The second-order valence-corrected chi connectivity index (χ2v) is 6.12. The van der Waals surface area contributed by atoms with Crippen LogP contribution in [0.3, 0.4) is 0 Å². The minimum Gasteiger partial charge on any atom is -0.481 e. The summed E-state index contributed by atoms with van der Waals surface area (Å²) in [6.07, 6.45) is 30.4. The molecular formula is C22H36O2. The summed E-state index contributed by atoms with van der Waals surface area (Å²) in [6.45, 7) is 2.25. The number of hydrogen-bond donors (Lipinski definition) is 1. The van der Waals surface area contributed by atoms with Gasteiger partial charge in [0.05, 0.1) is 6.42 Å². The molecule has 0 aromatic carbocycles. The maximum absolute atomic E-state index is 10.3. The lowest BCUT2D eigenvalue weighted by Crippen LogP contribution is -1.89. The molecule has 0 aromatic rings. The van der Waals surface area contributed by atoms with E-state index in [0.717, 1.165) is 12.8 Å². The van der Waals surface area contributed by atoms with E-state index in [0.29, 0.717) is 0 Å². The number of carbonyl (C=O) groups is 1. The Labute approximate surface area is 149 Å². The van der Waals surface area contributed by atoms with Crippen LogP contribution in [0.1, 0.15) is 84.0 Å². The van der Waals surface area contributed by atoms with Crippen molar-refractivity contribution in [2.24, 2.45) is 0 Å².